The van der Waals surface area contributed by atoms with E-state index in [4.69, 9.17) is 9.47 Å². The number of carbonyl (C=O) groups is 4. The highest BCUT2D eigenvalue weighted by atomic mass is 16.6. The van der Waals surface area contributed by atoms with Gasteiger partial charge in [-0.05, 0) is 33.6 Å². The summed E-state index contributed by atoms with van der Waals surface area (Å²) in [4.78, 5) is 48.2. The van der Waals surface area contributed by atoms with Gasteiger partial charge >= 0.3 is 18.0 Å². The van der Waals surface area contributed by atoms with Crippen LogP contribution in [0.4, 0.5) is 4.79 Å². The number of hydrogen-bond acceptors (Lipinski definition) is 7. The first-order chi connectivity index (χ1) is 12.6. The number of methoxy groups -OCH3 is 1. The van der Waals surface area contributed by atoms with Gasteiger partial charge in [-0.25, -0.2) is 9.59 Å². The van der Waals surface area contributed by atoms with Crippen molar-refractivity contribution in [3.05, 3.63) is 0 Å². The van der Waals surface area contributed by atoms with E-state index >= 15 is 0 Å². The molecule has 0 aliphatic carbocycles. The van der Waals surface area contributed by atoms with Gasteiger partial charge in [-0.1, -0.05) is 0 Å². The molecule has 1 saturated heterocycles. The van der Waals surface area contributed by atoms with Crippen molar-refractivity contribution in [1.29, 1.82) is 0 Å². The van der Waals surface area contributed by atoms with E-state index in [-0.39, 0.29) is 50.5 Å². The second-order valence-electron chi connectivity index (χ2n) is 7.36. The number of rotatable bonds is 9. The molecule has 9 nitrogen and oxygen atoms in total. The molecule has 1 fully saturated rings. The second-order valence-corrected chi connectivity index (χ2v) is 7.36. The van der Waals surface area contributed by atoms with Gasteiger partial charge in [0.2, 0.25) is 0 Å². The molecular formula is C18H30N2O7. The molecular weight excluding hydrogens is 356 g/mol. The standard InChI is InChI=1S/C18H30N2O7/c1-18(2,3)27-16(23)12-26-11-13-6-5-9-20(13)17(24)19-10-14(21)7-8-15(22)25-4/h13H,5-12H2,1-4H3,(H,19,24)/t13-/m0/s1. The van der Waals surface area contributed by atoms with Crippen molar-refractivity contribution in [2.24, 2.45) is 0 Å². The number of esters is 2. The Morgan fingerprint density at radius 1 is 1.11 bits per heavy atom. The van der Waals surface area contributed by atoms with E-state index in [1.54, 1.807) is 25.7 Å². The summed E-state index contributed by atoms with van der Waals surface area (Å²) in [6, 6.07) is -0.512. The molecule has 0 aromatic carbocycles. The zero-order valence-corrected chi connectivity index (χ0v) is 16.5. The van der Waals surface area contributed by atoms with Gasteiger partial charge in [0.05, 0.1) is 32.7 Å². The Balaban J connectivity index is 2.32. The first-order valence-corrected chi connectivity index (χ1v) is 9.05. The van der Waals surface area contributed by atoms with Gasteiger partial charge in [-0.15, -0.1) is 0 Å². The molecule has 1 rings (SSSR count). The van der Waals surface area contributed by atoms with Crippen LogP contribution >= 0.6 is 0 Å². The number of urea groups is 1. The Bertz CT molecular complexity index is 542. The van der Waals surface area contributed by atoms with Crippen LogP contribution in [0.15, 0.2) is 0 Å². The third-order valence-electron chi connectivity index (χ3n) is 3.86. The quantitative estimate of drug-likeness (QED) is 0.589. The van der Waals surface area contributed by atoms with Gasteiger partial charge in [0.1, 0.15) is 12.2 Å². The second kappa shape index (κ2) is 10.9. The fourth-order valence-corrected chi connectivity index (χ4v) is 2.63. The molecule has 1 heterocycles. The maximum absolute atomic E-state index is 12.3. The average Bonchev–Trinajstić information content (AvgIpc) is 3.04. The van der Waals surface area contributed by atoms with Gasteiger partial charge in [0.25, 0.3) is 0 Å². The predicted molar refractivity (Wildman–Crippen MR) is 96.0 cm³/mol. The van der Waals surface area contributed by atoms with E-state index in [9.17, 15) is 19.2 Å². The van der Waals surface area contributed by atoms with Crippen molar-refractivity contribution < 1.29 is 33.4 Å². The van der Waals surface area contributed by atoms with Crippen LogP contribution in [0.2, 0.25) is 0 Å². The molecule has 2 amide bonds. The Kier molecular flexibility index (Phi) is 9.20. The molecule has 0 aromatic heterocycles. The molecule has 0 saturated carbocycles. The van der Waals surface area contributed by atoms with Gasteiger partial charge in [0.15, 0.2) is 5.78 Å². The van der Waals surface area contributed by atoms with Gasteiger partial charge in [-0.2, -0.15) is 0 Å². The molecule has 0 radical (unpaired) electrons. The normalized spacial score (nSPS) is 16.7. The molecule has 154 valence electrons. The molecule has 1 aliphatic heterocycles. The molecule has 0 spiro atoms. The molecule has 0 bridgehead atoms. The van der Waals surface area contributed by atoms with Gasteiger partial charge in [0, 0.05) is 13.0 Å². The summed E-state index contributed by atoms with van der Waals surface area (Å²) in [5.74, 6) is -1.16. The van der Waals surface area contributed by atoms with Crippen LogP contribution in [0.3, 0.4) is 0 Å². The molecule has 0 unspecified atom stereocenters. The van der Waals surface area contributed by atoms with Crippen LogP contribution in [0.25, 0.3) is 0 Å². The summed E-state index contributed by atoms with van der Waals surface area (Å²) in [7, 11) is 1.26. The van der Waals surface area contributed by atoms with Crippen LogP contribution in [0.5, 0.6) is 0 Å². The maximum atomic E-state index is 12.3. The van der Waals surface area contributed by atoms with E-state index in [0.29, 0.717) is 6.54 Å². The number of amides is 2. The third-order valence-corrected chi connectivity index (χ3v) is 3.86. The Hall–Kier alpha value is -2.16. The number of ketones is 1. The first-order valence-electron chi connectivity index (χ1n) is 9.05. The lowest BCUT2D eigenvalue weighted by atomic mass is 10.2. The fraction of sp³-hybridized carbons (Fsp3) is 0.778. The number of Topliss-reactive ketones (excluding diaryl/α,β-unsaturated/α-hetero) is 1. The lowest BCUT2D eigenvalue weighted by Crippen LogP contribution is -2.46. The van der Waals surface area contributed by atoms with Crippen molar-refractivity contribution in [3.63, 3.8) is 0 Å². The van der Waals surface area contributed by atoms with E-state index < -0.39 is 17.5 Å². The van der Waals surface area contributed by atoms with E-state index in [1.165, 1.54) is 7.11 Å². The van der Waals surface area contributed by atoms with Crippen LogP contribution in [0, 0.1) is 0 Å². The number of nitrogens with one attached hydrogen (secondary N) is 1. The minimum atomic E-state index is -0.569. The van der Waals surface area contributed by atoms with E-state index in [0.717, 1.165) is 12.8 Å². The average molecular weight is 386 g/mol. The van der Waals surface area contributed by atoms with E-state index in [1.807, 2.05) is 0 Å². The Labute approximate surface area is 159 Å². The van der Waals surface area contributed by atoms with Gasteiger partial charge in [-0.3, -0.25) is 9.59 Å². The third kappa shape index (κ3) is 9.37. The molecule has 27 heavy (non-hydrogen) atoms. The highest BCUT2D eigenvalue weighted by molar-refractivity contribution is 5.87. The monoisotopic (exact) mass is 386 g/mol. The molecule has 9 heteroatoms. The van der Waals surface area contributed by atoms with Crippen molar-refractivity contribution in [2.75, 3.05) is 33.4 Å². The zero-order chi connectivity index (χ0) is 20.4. The minimum Gasteiger partial charge on any atom is -0.469 e. The number of hydrogen-bond donors (Lipinski definition) is 1. The van der Waals surface area contributed by atoms with Crippen LogP contribution < -0.4 is 5.32 Å². The summed E-state index contributed by atoms with van der Waals surface area (Å²) in [5, 5.41) is 2.56. The summed E-state index contributed by atoms with van der Waals surface area (Å²) >= 11 is 0. The van der Waals surface area contributed by atoms with Crippen molar-refractivity contribution >= 4 is 23.8 Å². The van der Waals surface area contributed by atoms with Crippen LogP contribution in [-0.4, -0.2) is 73.7 Å². The number of ether oxygens (including phenoxy) is 3. The minimum absolute atomic E-state index is 0.00392. The van der Waals surface area contributed by atoms with Gasteiger partial charge < -0.3 is 24.4 Å². The molecule has 1 aliphatic rings. The SMILES string of the molecule is COC(=O)CCC(=O)CNC(=O)N1CCC[C@H]1COCC(=O)OC(C)(C)C. The Morgan fingerprint density at radius 3 is 2.44 bits per heavy atom. The maximum Gasteiger partial charge on any atom is 0.332 e. The lowest BCUT2D eigenvalue weighted by Gasteiger charge is -2.25. The largest absolute Gasteiger partial charge is 0.469 e. The number of likely N-dealkylation sites (tertiary alicyclic amines) is 1. The van der Waals surface area contributed by atoms with Crippen molar-refractivity contribution in [3.8, 4) is 0 Å². The summed E-state index contributed by atoms with van der Waals surface area (Å²) in [6.45, 7) is 5.81. The topological polar surface area (TPSA) is 111 Å². The molecule has 0 aromatic rings. The lowest BCUT2D eigenvalue weighted by molar-refractivity contribution is -0.160. The summed E-state index contributed by atoms with van der Waals surface area (Å²) < 4.78 is 15.0. The smallest absolute Gasteiger partial charge is 0.332 e. The molecule has 1 N–H and O–H groups in total. The highest BCUT2D eigenvalue weighted by Gasteiger charge is 2.29. The summed E-state index contributed by atoms with van der Waals surface area (Å²) in [5.41, 5.74) is -0.569. The number of carbonyl (C=O) groups excluding carboxylic acids is 4. The van der Waals surface area contributed by atoms with Crippen LogP contribution in [-0.2, 0) is 28.6 Å². The first kappa shape index (κ1) is 22.9. The number of nitrogens with zero attached hydrogens (tertiary/aromatic N) is 1. The summed E-state index contributed by atoms with van der Waals surface area (Å²) in [6.07, 6.45) is 1.60. The van der Waals surface area contributed by atoms with Crippen molar-refractivity contribution in [1.82, 2.24) is 10.2 Å². The predicted octanol–water partition coefficient (Wildman–Crippen LogP) is 1.04. The highest BCUT2D eigenvalue weighted by Crippen LogP contribution is 2.17. The van der Waals surface area contributed by atoms with E-state index in [2.05, 4.69) is 10.1 Å². The van der Waals surface area contributed by atoms with Crippen molar-refractivity contribution in [2.45, 2.75) is 58.1 Å². The molecule has 1 atom stereocenters. The Morgan fingerprint density at radius 2 is 1.81 bits per heavy atom. The van der Waals surface area contributed by atoms with Crippen LogP contribution in [0.1, 0.15) is 46.5 Å². The fourth-order valence-electron chi connectivity index (χ4n) is 2.63. The zero-order valence-electron chi connectivity index (χ0n) is 16.5.